The zero-order chi connectivity index (χ0) is 20.1. The molecule has 27 heavy (non-hydrogen) atoms. The number of benzene rings is 1. The molecule has 0 spiro atoms. The normalized spacial score (nSPS) is 18.3. The third-order valence-electron chi connectivity index (χ3n) is 5.31. The van der Waals surface area contributed by atoms with Gasteiger partial charge in [0.1, 0.15) is 0 Å². The van der Waals surface area contributed by atoms with Gasteiger partial charge in [-0.15, -0.1) is 0 Å². The summed E-state index contributed by atoms with van der Waals surface area (Å²) >= 11 is 0. The van der Waals surface area contributed by atoms with Gasteiger partial charge in [0.15, 0.2) is 20.2 Å². The highest BCUT2D eigenvalue weighted by Crippen LogP contribution is 2.36. The number of ether oxygens (including phenoxy) is 1. The van der Waals surface area contributed by atoms with Crippen LogP contribution in [0.3, 0.4) is 0 Å². The minimum atomic E-state index is -1.89. The molecule has 0 saturated carbocycles. The molecule has 2 rings (SSSR count). The minimum absolute atomic E-state index is 0.108. The highest BCUT2D eigenvalue weighted by molar-refractivity contribution is 6.74. The fraction of sp³-hybridized carbons (Fsp3) is 0.524. The molecular weight excluding hydrogens is 358 g/mol. The van der Waals surface area contributed by atoms with Gasteiger partial charge in [0.05, 0.1) is 18.9 Å². The number of Topliss-reactive ketones (excluding diaryl/α,β-unsaturated/α-hetero) is 1. The van der Waals surface area contributed by atoms with Gasteiger partial charge in [0.25, 0.3) is 0 Å². The summed E-state index contributed by atoms with van der Waals surface area (Å²) in [5, 5.41) is 9.67. The fourth-order valence-corrected chi connectivity index (χ4v) is 3.57. The predicted octanol–water partition coefficient (Wildman–Crippen LogP) is 3.88. The van der Waals surface area contributed by atoms with Gasteiger partial charge in [-0.2, -0.15) is 0 Å². The Morgan fingerprint density at radius 1 is 1.19 bits per heavy atom. The van der Waals surface area contributed by atoms with Crippen molar-refractivity contribution in [2.24, 2.45) is 4.99 Å². The van der Waals surface area contributed by atoms with E-state index in [9.17, 15) is 9.90 Å². The number of aliphatic imine (C=N–C) groups is 1. The Labute approximate surface area is 163 Å². The lowest BCUT2D eigenvalue weighted by atomic mass is 9.99. The molecular formula is C21H31NO4Si. The number of aliphatic hydroxyl groups excluding tert-OH is 1. The molecule has 1 aliphatic rings. The van der Waals surface area contributed by atoms with Crippen LogP contribution in [0.5, 0.6) is 0 Å². The second kappa shape index (κ2) is 9.06. The molecule has 6 heteroatoms. The maximum Gasteiger partial charge on any atom is 0.195 e. The molecule has 1 unspecified atom stereocenters. The van der Waals surface area contributed by atoms with Gasteiger partial charge in [0.2, 0.25) is 0 Å². The lowest BCUT2D eigenvalue weighted by Gasteiger charge is -2.36. The number of hydrogen-bond donors (Lipinski definition) is 1. The number of hydrogen-bond acceptors (Lipinski definition) is 5. The summed E-state index contributed by atoms with van der Waals surface area (Å²) in [5.41, 5.74) is 1.92. The molecule has 1 N–H and O–H groups in total. The Hall–Kier alpha value is -1.60. The smallest absolute Gasteiger partial charge is 0.195 e. The molecule has 1 aliphatic heterocycles. The molecule has 148 valence electrons. The lowest BCUT2D eigenvalue weighted by Crippen LogP contribution is -2.41. The second-order valence-corrected chi connectivity index (χ2v) is 13.1. The predicted molar refractivity (Wildman–Crippen MR) is 110 cm³/mol. The van der Waals surface area contributed by atoms with Crippen molar-refractivity contribution in [1.29, 1.82) is 0 Å². The molecule has 0 bridgehead atoms. The van der Waals surface area contributed by atoms with E-state index in [0.29, 0.717) is 30.9 Å². The molecule has 1 aromatic rings. The van der Waals surface area contributed by atoms with Crippen LogP contribution in [0.2, 0.25) is 18.1 Å². The lowest BCUT2D eigenvalue weighted by molar-refractivity contribution is -0.123. The van der Waals surface area contributed by atoms with E-state index in [1.165, 1.54) is 6.21 Å². The molecule has 0 radical (unpaired) electrons. The summed E-state index contributed by atoms with van der Waals surface area (Å²) in [6, 6.07) is 9.71. The number of ketones is 1. The van der Waals surface area contributed by atoms with Gasteiger partial charge in [-0.1, -0.05) is 51.1 Å². The number of aliphatic hydroxyl groups is 1. The van der Waals surface area contributed by atoms with E-state index in [1.807, 2.05) is 30.3 Å². The van der Waals surface area contributed by atoms with Gasteiger partial charge in [0, 0.05) is 24.8 Å². The van der Waals surface area contributed by atoms with E-state index in [1.54, 1.807) is 0 Å². The number of carbonyl (C=O) groups excluding carboxylic acids is 1. The molecule has 0 amide bonds. The van der Waals surface area contributed by atoms with Crippen LogP contribution in [0, 0.1) is 0 Å². The van der Waals surface area contributed by atoms with Crippen LogP contribution in [0.4, 0.5) is 0 Å². The van der Waals surface area contributed by atoms with Crippen LogP contribution in [0.25, 0.3) is 0 Å². The third-order valence-corrected chi connectivity index (χ3v) is 9.85. The molecule has 1 atom stereocenters. The van der Waals surface area contributed by atoms with Gasteiger partial charge >= 0.3 is 0 Å². The quantitative estimate of drug-likeness (QED) is 0.685. The standard InChI is InChI=1S/C21H31NO4Si/c1-21(2,3)27(4,5)26-12-11-17-18(14-23)22-13-19(20(17)24)25-15-16-9-7-6-8-10-16/h6-10,13,19,23H,11-12,14-15H2,1-5H3. The zero-order valence-electron chi connectivity index (χ0n) is 17.0. The van der Waals surface area contributed by atoms with Gasteiger partial charge in [-0.3, -0.25) is 9.79 Å². The summed E-state index contributed by atoms with van der Waals surface area (Å²) in [4.78, 5) is 17.1. The van der Waals surface area contributed by atoms with Crippen molar-refractivity contribution >= 4 is 20.3 Å². The van der Waals surface area contributed by atoms with E-state index in [0.717, 1.165) is 5.56 Å². The largest absolute Gasteiger partial charge is 0.416 e. The Bertz CT molecular complexity index is 705. The Kier molecular flexibility index (Phi) is 7.28. The van der Waals surface area contributed by atoms with Gasteiger partial charge in [-0.05, 0) is 23.7 Å². The molecule has 1 heterocycles. The van der Waals surface area contributed by atoms with Crippen LogP contribution in [-0.2, 0) is 20.6 Å². The van der Waals surface area contributed by atoms with Crippen LogP contribution >= 0.6 is 0 Å². The number of carbonyl (C=O) groups is 1. The Balaban J connectivity index is 1.99. The summed E-state index contributed by atoms with van der Waals surface area (Å²) in [7, 11) is -1.89. The molecule has 5 nitrogen and oxygen atoms in total. The monoisotopic (exact) mass is 389 g/mol. The van der Waals surface area contributed by atoms with Crippen molar-refractivity contribution in [3.8, 4) is 0 Å². The van der Waals surface area contributed by atoms with Crippen molar-refractivity contribution in [2.45, 2.75) is 58.0 Å². The van der Waals surface area contributed by atoms with Crippen LogP contribution < -0.4 is 0 Å². The highest BCUT2D eigenvalue weighted by atomic mass is 28.4. The fourth-order valence-electron chi connectivity index (χ4n) is 2.52. The third kappa shape index (κ3) is 5.69. The van der Waals surface area contributed by atoms with E-state index in [4.69, 9.17) is 9.16 Å². The van der Waals surface area contributed by atoms with E-state index < -0.39 is 14.4 Å². The van der Waals surface area contributed by atoms with E-state index in [2.05, 4.69) is 38.9 Å². The van der Waals surface area contributed by atoms with Crippen molar-refractivity contribution < 1.29 is 19.1 Å². The molecule has 1 aromatic carbocycles. The first-order chi connectivity index (χ1) is 12.7. The summed E-state index contributed by atoms with van der Waals surface area (Å²) in [5.74, 6) is -0.135. The van der Waals surface area contributed by atoms with Crippen LogP contribution in [-0.4, -0.2) is 44.7 Å². The second-order valence-electron chi connectivity index (χ2n) is 8.30. The first-order valence-electron chi connectivity index (χ1n) is 9.36. The topological polar surface area (TPSA) is 68.1 Å². The Morgan fingerprint density at radius 3 is 2.44 bits per heavy atom. The average Bonchev–Trinajstić information content (AvgIpc) is 2.61. The summed E-state index contributed by atoms with van der Waals surface area (Å²) in [6.45, 7) is 11.4. The first kappa shape index (κ1) is 21.7. The summed E-state index contributed by atoms with van der Waals surface area (Å²) in [6.07, 6.45) is 1.20. The van der Waals surface area contributed by atoms with E-state index in [-0.39, 0.29) is 17.4 Å². The molecule has 0 saturated heterocycles. The van der Waals surface area contributed by atoms with Crippen LogP contribution in [0.15, 0.2) is 46.6 Å². The van der Waals surface area contributed by atoms with Crippen molar-refractivity contribution in [3.63, 3.8) is 0 Å². The Morgan fingerprint density at radius 2 is 1.85 bits per heavy atom. The van der Waals surface area contributed by atoms with Gasteiger partial charge < -0.3 is 14.3 Å². The highest BCUT2D eigenvalue weighted by Gasteiger charge is 2.37. The summed E-state index contributed by atoms with van der Waals surface area (Å²) < 4.78 is 11.9. The van der Waals surface area contributed by atoms with Crippen molar-refractivity contribution in [2.75, 3.05) is 13.2 Å². The van der Waals surface area contributed by atoms with Crippen molar-refractivity contribution in [3.05, 3.63) is 47.2 Å². The van der Waals surface area contributed by atoms with Crippen LogP contribution in [0.1, 0.15) is 32.8 Å². The minimum Gasteiger partial charge on any atom is -0.416 e. The average molecular weight is 390 g/mol. The maximum atomic E-state index is 12.8. The number of nitrogens with zero attached hydrogens (tertiary/aromatic N) is 1. The molecule has 0 aliphatic carbocycles. The van der Waals surface area contributed by atoms with E-state index >= 15 is 0 Å². The SMILES string of the molecule is CC(C)(C)[Si](C)(C)OCCC1=C(CO)N=CC(OCc2ccccc2)C1=O. The number of rotatable bonds is 8. The first-order valence-corrected chi connectivity index (χ1v) is 12.3. The molecule has 0 fully saturated rings. The van der Waals surface area contributed by atoms with Gasteiger partial charge in [-0.25, -0.2) is 0 Å². The zero-order valence-corrected chi connectivity index (χ0v) is 18.0. The maximum absolute atomic E-state index is 12.8. The van der Waals surface area contributed by atoms with Crippen molar-refractivity contribution in [1.82, 2.24) is 0 Å². The molecule has 0 aromatic heterocycles.